The number of hydrogen-bond acceptors (Lipinski definition) is 8. The maximum atomic E-state index is 15.5. The number of rotatable bonds is 7. The molecule has 1 aromatic carbocycles. The number of carbonyl (C=O) groups is 4. The van der Waals surface area contributed by atoms with Gasteiger partial charge in [0, 0.05) is 12.5 Å². The molecule has 2 amide bonds. The fourth-order valence-electron chi connectivity index (χ4n) is 5.71. The van der Waals surface area contributed by atoms with Crippen molar-refractivity contribution in [1.82, 2.24) is 15.1 Å². The second-order valence-electron chi connectivity index (χ2n) is 13.2. The normalized spacial score (nSPS) is 19.8. The largest absolute Gasteiger partial charge is 0.459 e. The number of ether oxygens (including phenoxy) is 2. The van der Waals surface area contributed by atoms with Crippen LogP contribution in [0.4, 0.5) is 28.0 Å². The van der Waals surface area contributed by atoms with Crippen molar-refractivity contribution in [3.05, 3.63) is 40.5 Å². The van der Waals surface area contributed by atoms with Gasteiger partial charge >= 0.3 is 18.2 Å². The number of nitrogens with two attached hydrogens (primary N) is 1. The van der Waals surface area contributed by atoms with Crippen molar-refractivity contribution in [2.24, 2.45) is 11.1 Å². The van der Waals surface area contributed by atoms with Crippen LogP contribution < -0.4 is 16.4 Å². The number of primary amides is 1. The zero-order valence-corrected chi connectivity index (χ0v) is 25.7. The number of hydrogen-bond donors (Lipinski definition) is 3. The fourth-order valence-corrected chi connectivity index (χ4v) is 5.71. The monoisotopic (exact) mass is 639 g/mol. The first-order chi connectivity index (χ1) is 20.8. The van der Waals surface area contributed by atoms with E-state index in [-0.39, 0.29) is 29.9 Å². The molecule has 0 radical (unpaired) electrons. The Kier molecular flexibility index (Phi) is 9.23. The lowest BCUT2D eigenvalue weighted by atomic mass is 9.75. The molecule has 15 heteroatoms. The number of esters is 1. The summed E-state index contributed by atoms with van der Waals surface area (Å²) < 4.78 is 69.0. The van der Waals surface area contributed by atoms with Crippen LogP contribution in [-0.2, 0) is 26.9 Å². The second-order valence-corrected chi connectivity index (χ2v) is 13.2. The van der Waals surface area contributed by atoms with E-state index in [0.717, 1.165) is 10.7 Å². The van der Waals surface area contributed by atoms with E-state index >= 15 is 4.39 Å². The second kappa shape index (κ2) is 12.3. The average molecular weight is 640 g/mol. The Labute approximate surface area is 257 Å². The summed E-state index contributed by atoms with van der Waals surface area (Å²) in [6.07, 6.45) is -4.37. The van der Waals surface area contributed by atoms with Crippen LogP contribution in [0.1, 0.15) is 98.8 Å². The highest BCUT2D eigenvalue weighted by atomic mass is 19.4. The van der Waals surface area contributed by atoms with E-state index < -0.39 is 82.3 Å². The molecule has 1 aromatic heterocycles. The van der Waals surface area contributed by atoms with Crippen LogP contribution in [0, 0.1) is 11.2 Å². The number of fused-ring (bicyclic) bond motifs is 1. The van der Waals surface area contributed by atoms with Gasteiger partial charge < -0.3 is 25.8 Å². The number of alkyl halides is 3. The number of anilines is 1. The van der Waals surface area contributed by atoms with Crippen LogP contribution in [-0.4, -0.2) is 57.8 Å². The zero-order chi connectivity index (χ0) is 33.5. The zero-order valence-electron chi connectivity index (χ0n) is 25.7. The van der Waals surface area contributed by atoms with E-state index in [0.29, 0.717) is 25.7 Å². The molecule has 4 N–H and O–H groups in total. The number of nitrogens with zero attached hydrogens (tertiary/aromatic N) is 2. The molecule has 4 rings (SSSR count). The molecule has 2 aromatic rings. The number of carbonyl (C=O) groups excluding carboxylic acids is 4. The Hall–Kier alpha value is -4.17. The van der Waals surface area contributed by atoms with Crippen molar-refractivity contribution in [3.8, 4) is 5.69 Å². The molecule has 0 aliphatic heterocycles. The Morgan fingerprint density at radius 2 is 1.78 bits per heavy atom. The molecule has 2 aliphatic carbocycles. The highest BCUT2D eigenvalue weighted by Crippen LogP contribution is 2.42. The number of halogens is 4. The molecular weight excluding hydrogens is 602 g/mol. The molecule has 45 heavy (non-hydrogen) atoms. The van der Waals surface area contributed by atoms with E-state index in [1.54, 1.807) is 34.6 Å². The molecule has 1 heterocycles. The third-order valence-corrected chi connectivity index (χ3v) is 7.48. The van der Waals surface area contributed by atoms with Gasteiger partial charge in [-0.2, -0.15) is 18.3 Å². The smallest absolute Gasteiger partial charge is 0.435 e. The van der Waals surface area contributed by atoms with Crippen molar-refractivity contribution >= 4 is 29.4 Å². The van der Waals surface area contributed by atoms with Gasteiger partial charge in [0.1, 0.15) is 24.1 Å². The van der Waals surface area contributed by atoms with Crippen molar-refractivity contribution in [2.75, 3.05) is 11.9 Å². The summed E-state index contributed by atoms with van der Waals surface area (Å²) in [6.45, 7) is 7.98. The van der Waals surface area contributed by atoms with Gasteiger partial charge in [0.25, 0.3) is 5.91 Å². The van der Waals surface area contributed by atoms with Gasteiger partial charge in [0.15, 0.2) is 11.5 Å². The SMILES string of the molecule is CC1(C)CC(=O)c2c(C(F)(F)F)nn(-c3cc(F)c(C(N)=O)c(N[C@H]4CCCC[C@@H]4OC(=O)CNC(=O)OC(C)(C)C)c3)c2C1. The first kappa shape index (κ1) is 33.7. The van der Waals surface area contributed by atoms with Gasteiger partial charge in [-0.1, -0.05) is 20.3 Å². The maximum absolute atomic E-state index is 15.5. The Morgan fingerprint density at radius 3 is 2.40 bits per heavy atom. The van der Waals surface area contributed by atoms with Gasteiger partial charge in [-0.05, 0) is 57.9 Å². The first-order valence-electron chi connectivity index (χ1n) is 14.5. The molecule has 1 saturated carbocycles. The van der Waals surface area contributed by atoms with Crippen molar-refractivity contribution in [2.45, 2.75) is 97.1 Å². The summed E-state index contributed by atoms with van der Waals surface area (Å²) in [5.41, 5.74) is 1.22. The summed E-state index contributed by atoms with van der Waals surface area (Å²) in [5.74, 6) is -3.74. The van der Waals surface area contributed by atoms with Crippen molar-refractivity contribution in [3.63, 3.8) is 0 Å². The lowest BCUT2D eigenvalue weighted by molar-refractivity contribution is -0.150. The number of aromatic nitrogens is 2. The van der Waals surface area contributed by atoms with Crippen LogP contribution in [0.5, 0.6) is 0 Å². The molecule has 0 spiro atoms. The highest BCUT2D eigenvalue weighted by molar-refractivity contribution is 6.01. The van der Waals surface area contributed by atoms with Crippen LogP contribution >= 0.6 is 0 Å². The summed E-state index contributed by atoms with van der Waals surface area (Å²) in [4.78, 5) is 49.7. The molecule has 0 saturated heterocycles. The predicted octanol–water partition coefficient (Wildman–Crippen LogP) is 5.08. The summed E-state index contributed by atoms with van der Waals surface area (Å²) in [6, 6.07) is 1.43. The minimum absolute atomic E-state index is 0.0253. The third-order valence-electron chi connectivity index (χ3n) is 7.48. The van der Waals surface area contributed by atoms with E-state index in [2.05, 4.69) is 15.7 Å². The minimum Gasteiger partial charge on any atom is -0.459 e. The van der Waals surface area contributed by atoms with E-state index in [1.165, 1.54) is 6.07 Å². The Balaban J connectivity index is 1.66. The molecule has 246 valence electrons. The summed E-state index contributed by atoms with van der Waals surface area (Å²) in [7, 11) is 0. The number of nitrogens with one attached hydrogen (secondary N) is 2. The molecule has 2 atom stereocenters. The summed E-state index contributed by atoms with van der Waals surface area (Å²) in [5, 5.41) is 9.04. The lowest BCUT2D eigenvalue weighted by Gasteiger charge is -2.33. The van der Waals surface area contributed by atoms with Crippen LogP contribution in [0.15, 0.2) is 12.1 Å². The molecular formula is C30H37F4N5O6. The number of amides is 2. The predicted molar refractivity (Wildman–Crippen MR) is 153 cm³/mol. The fraction of sp³-hybridized carbons (Fsp3) is 0.567. The van der Waals surface area contributed by atoms with E-state index in [4.69, 9.17) is 15.2 Å². The third kappa shape index (κ3) is 7.92. The number of Topliss-reactive ketones (excluding diaryl/α,β-unsaturated/α-hetero) is 1. The number of ketones is 1. The van der Waals surface area contributed by atoms with Gasteiger partial charge in [-0.15, -0.1) is 0 Å². The van der Waals surface area contributed by atoms with Crippen LogP contribution in [0.25, 0.3) is 5.69 Å². The van der Waals surface area contributed by atoms with Gasteiger partial charge in [-0.25, -0.2) is 13.9 Å². The van der Waals surface area contributed by atoms with Crippen LogP contribution in [0.2, 0.25) is 0 Å². The van der Waals surface area contributed by atoms with Gasteiger partial charge in [0.05, 0.1) is 34.2 Å². The molecule has 0 bridgehead atoms. The van der Waals surface area contributed by atoms with Gasteiger partial charge in [0.2, 0.25) is 0 Å². The highest BCUT2D eigenvalue weighted by Gasteiger charge is 2.45. The van der Waals surface area contributed by atoms with Gasteiger partial charge in [-0.3, -0.25) is 14.4 Å². The number of alkyl carbamates (subject to hydrolysis) is 1. The minimum atomic E-state index is -4.95. The van der Waals surface area contributed by atoms with Crippen LogP contribution in [0.3, 0.4) is 0 Å². The molecule has 2 aliphatic rings. The topological polar surface area (TPSA) is 155 Å². The molecule has 1 fully saturated rings. The van der Waals surface area contributed by atoms with E-state index in [9.17, 15) is 32.3 Å². The van der Waals surface area contributed by atoms with E-state index in [1.807, 2.05) is 0 Å². The average Bonchev–Trinajstić information content (AvgIpc) is 3.26. The molecule has 11 nitrogen and oxygen atoms in total. The lowest BCUT2D eigenvalue weighted by Crippen LogP contribution is -2.43. The Morgan fingerprint density at radius 1 is 1.11 bits per heavy atom. The quantitative estimate of drug-likeness (QED) is 0.280. The molecule has 0 unspecified atom stereocenters. The Bertz CT molecular complexity index is 1510. The number of benzene rings is 1. The van der Waals surface area contributed by atoms with Crippen molar-refractivity contribution in [1.29, 1.82) is 0 Å². The maximum Gasteiger partial charge on any atom is 0.435 e. The summed E-state index contributed by atoms with van der Waals surface area (Å²) >= 11 is 0. The standard InChI is InChI=1S/C30H37F4N5O6/c1-28(2,3)45-27(43)36-14-22(41)44-21-9-7-6-8-17(21)37-18-11-15(10-16(31)23(18)26(35)42)39-19-12-29(4,5)13-20(40)24(19)25(38-39)30(32,33)34/h10-11,17,21,37H,6-9,12-14H2,1-5H3,(H2,35,42)(H,36,43)/t17-,21-/m0/s1. The van der Waals surface area contributed by atoms with Crippen molar-refractivity contribution < 1.29 is 46.2 Å². The first-order valence-corrected chi connectivity index (χ1v) is 14.5.